The molecular formula is C23H21NO2. The van der Waals surface area contributed by atoms with E-state index in [1.54, 1.807) is 13.2 Å². The molecule has 0 heterocycles. The number of nitrogens with one attached hydrogen (secondary N) is 1. The molecule has 3 nitrogen and oxygen atoms in total. The van der Waals surface area contributed by atoms with E-state index in [1.807, 2.05) is 66.7 Å². The Bertz CT molecular complexity index is 901. The molecule has 130 valence electrons. The van der Waals surface area contributed by atoms with E-state index in [1.165, 1.54) is 11.6 Å². The van der Waals surface area contributed by atoms with Crippen LogP contribution >= 0.6 is 0 Å². The van der Waals surface area contributed by atoms with Crippen molar-refractivity contribution in [2.75, 3.05) is 12.4 Å². The molecule has 0 fully saturated rings. The van der Waals surface area contributed by atoms with Gasteiger partial charge < -0.3 is 10.1 Å². The zero-order chi connectivity index (χ0) is 18.2. The van der Waals surface area contributed by atoms with Crippen LogP contribution in [0.15, 0.2) is 84.9 Å². The van der Waals surface area contributed by atoms with Crippen LogP contribution in [0.5, 0.6) is 5.75 Å². The van der Waals surface area contributed by atoms with E-state index in [9.17, 15) is 4.79 Å². The second kappa shape index (κ2) is 8.67. The van der Waals surface area contributed by atoms with Crippen molar-refractivity contribution >= 4 is 17.7 Å². The van der Waals surface area contributed by atoms with Crippen molar-refractivity contribution in [1.29, 1.82) is 0 Å². The molecule has 1 N–H and O–H groups in total. The summed E-state index contributed by atoms with van der Waals surface area (Å²) in [6, 6.07) is 25.7. The molecule has 3 aromatic rings. The van der Waals surface area contributed by atoms with Gasteiger partial charge in [0, 0.05) is 11.8 Å². The van der Waals surface area contributed by atoms with Gasteiger partial charge in [-0.15, -0.1) is 0 Å². The predicted octanol–water partition coefficient (Wildman–Crippen LogP) is 4.94. The van der Waals surface area contributed by atoms with Gasteiger partial charge in [-0.3, -0.25) is 4.79 Å². The second-order valence-corrected chi connectivity index (χ2v) is 5.92. The summed E-state index contributed by atoms with van der Waals surface area (Å²) in [6.07, 6.45) is 4.09. The molecule has 3 rings (SSSR count). The molecular weight excluding hydrogens is 322 g/mol. The van der Waals surface area contributed by atoms with Gasteiger partial charge in [0.15, 0.2) is 0 Å². The molecule has 0 aliphatic heterocycles. The quantitative estimate of drug-likeness (QED) is 0.644. The normalized spacial score (nSPS) is 10.7. The number of ether oxygens (including phenoxy) is 1. The van der Waals surface area contributed by atoms with Crippen LogP contribution in [0.25, 0.3) is 6.08 Å². The number of amides is 1. The highest BCUT2D eigenvalue weighted by molar-refractivity contribution is 6.02. The van der Waals surface area contributed by atoms with E-state index in [-0.39, 0.29) is 5.91 Å². The molecule has 0 unspecified atom stereocenters. The summed E-state index contributed by atoms with van der Waals surface area (Å²) in [5, 5.41) is 2.97. The summed E-state index contributed by atoms with van der Waals surface area (Å²) < 4.78 is 5.20. The number of rotatable bonds is 6. The highest BCUT2D eigenvalue weighted by atomic mass is 16.5. The third kappa shape index (κ3) is 4.84. The summed E-state index contributed by atoms with van der Waals surface area (Å²) in [7, 11) is 1.62. The molecule has 26 heavy (non-hydrogen) atoms. The van der Waals surface area contributed by atoms with Crippen LogP contribution in [0.1, 0.15) is 16.7 Å². The van der Waals surface area contributed by atoms with E-state index >= 15 is 0 Å². The standard InChI is InChI=1S/C23H21NO2/c1-26-21-12-7-10-19(17-21)14-15-23(25)24-22-13-6-5-11-20(22)16-18-8-3-2-4-9-18/h2-15,17H,16H2,1H3,(H,24,25)/b15-14+. The van der Waals surface area contributed by atoms with Gasteiger partial charge in [-0.25, -0.2) is 0 Å². The summed E-state index contributed by atoms with van der Waals surface area (Å²) >= 11 is 0. The number of hydrogen-bond donors (Lipinski definition) is 1. The van der Waals surface area contributed by atoms with Gasteiger partial charge in [0.25, 0.3) is 0 Å². The van der Waals surface area contributed by atoms with Gasteiger partial charge in [0.05, 0.1) is 7.11 Å². The molecule has 0 spiro atoms. The zero-order valence-electron chi connectivity index (χ0n) is 14.7. The van der Waals surface area contributed by atoms with Gasteiger partial charge >= 0.3 is 0 Å². The molecule has 3 heteroatoms. The monoisotopic (exact) mass is 343 g/mol. The Morgan fingerprint density at radius 2 is 1.73 bits per heavy atom. The lowest BCUT2D eigenvalue weighted by atomic mass is 10.0. The minimum atomic E-state index is -0.159. The van der Waals surface area contributed by atoms with Crippen LogP contribution in [0, 0.1) is 0 Å². The van der Waals surface area contributed by atoms with Crippen molar-refractivity contribution in [3.8, 4) is 5.75 Å². The van der Waals surface area contributed by atoms with Crippen molar-refractivity contribution in [1.82, 2.24) is 0 Å². The fraction of sp³-hybridized carbons (Fsp3) is 0.0870. The van der Waals surface area contributed by atoms with Crippen LogP contribution in [0.4, 0.5) is 5.69 Å². The fourth-order valence-corrected chi connectivity index (χ4v) is 2.70. The first-order valence-electron chi connectivity index (χ1n) is 8.49. The Labute approximate surface area is 154 Å². The number of hydrogen-bond acceptors (Lipinski definition) is 2. The zero-order valence-corrected chi connectivity index (χ0v) is 14.7. The summed E-state index contributed by atoms with van der Waals surface area (Å²) in [4.78, 5) is 12.3. The summed E-state index contributed by atoms with van der Waals surface area (Å²) in [5.74, 6) is 0.606. The van der Waals surface area contributed by atoms with E-state index in [2.05, 4.69) is 17.4 Å². The Morgan fingerprint density at radius 1 is 0.962 bits per heavy atom. The van der Waals surface area contributed by atoms with Crippen LogP contribution in [0.3, 0.4) is 0 Å². The Balaban J connectivity index is 1.70. The third-order valence-corrected chi connectivity index (χ3v) is 4.03. The van der Waals surface area contributed by atoms with Crippen LogP contribution in [-0.2, 0) is 11.2 Å². The van der Waals surface area contributed by atoms with Crippen LogP contribution < -0.4 is 10.1 Å². The Kier molecular flexibility index (Phi) is 5.84. The van der Waals surface area contributed by atoms with Crippen molar-refractivity contribution in [2.24, 2.45) is 0 Å². The second-order valence-electron chi connectivity index (χ2n) is 5.92. The number of carbonyl (C=O) groups is 1. The number of methoxy groups -OCH3 is 1. The van der Waals surface area contributed by atoms with Crippen LogP contribution in [-0.4, -0.2) is 13.0 Å². The fourth-order valence-electron chi connectivity index (χ4n) is 2.70. The lowest BCUT2D eigenvalue weighted by Crippen LogP contribution is -2.10. The molecule has 0 radical (unpaired) electrons. The van der Waals surface area contributed by atoms with Gasteiger partial charge in [0.1, 0.15) is 5.75 Å². The average Bonchev–Trinajstić information content (AvgIpc) is 2.69. The molecule has 0 aliphatic carbocycles. The largest absolute Gasteiger partial charge is 0.497 e. The molecule has 0 saturated carbocycles. The molecule has 0 atom stereocenters. The van der Waals surface area contributed by atoms with Gasteiger partial charge in [-0.2, -0.15) is 0 Å². The lowest BCUT2D eigenvalue weighted by molar-refractivity contribution is -0.111. The van der Waals surface area contributed by atoms with Crippen molar-refractivity contribution < 1.29 is 9.53 Å². The average molecular weight is 343 g/mol. The molecule has 3 aromatic carbocycles. The van der Waals surface area contributed by atoms with Crippen LogP contribution in [0.2, 0.25) is 0 Å². The molecule has 0 aromatic heterocycles. The van der Waals surface area contributed by atoms with Gasteiger partial charge in [-0.05, 0) is 47.4 Å². The van der Waals surface area contributed by atoms with E-state index in [0.29, 0.717) is 0 Å². The molecule has 0 saturated heterocycles. The smallest absolute Gasteiger partial charge is 0.248 e. The Morgan fingerprint density at radius 3 is 2.54 bits per heavy atom. The Hall–Kier alpha value is -3.33. The van der Waals surface area contributed by atoms with Crippen molar-refractivity contribution in [2.45, 2.75) is 6.42 Å². The number of para-hydroxylation sites is 1. The van der Waals surface area contributed by atoms with Crippen molar-refractivity contribution in [3.05, 3.63) is 102 Å². The topological polar surface area (TPSA) is 38.3 Å². The first-order valence-corrected chi connectivity index (χ1v) is 8.49. The number of anilines is 1. The third-order valence-electron chi connectivity index (χ3n) is 4.03. The van der Waals surface area contributed by atoms with Gasteiger partial charge in [0.2, 0.25) is 5.91 Å². The number of carbonyl (C=O) groups excluding carboxylic acids is 1. The van der Waals surface area contributed by atoms with E-state index in [4.69, 9.17) is 4.74 Å². The van der Waals surface area contributed by atoms with E-state index < -0.39 is 0 Å². The first-order chi connectivity index (χ1) is 12.7. The predicted molar refractivity (Wildman–Crippen MR) is 106 cm³/mol. The SMILES string of the molecule is COc1cccc(/C=C/C(=O)Nc2ccccc2Cc2ccccc2)c1. The minimum absolute atomic E-state index is 0.159. The van der Waals surface area contributed by atoms with Gasteiger partial charge in [-0.1, -0.05) is 60.7 Å². The van der Waals surface area contributed by atoms with E-state index in [0.717, 1.165) is 29.0 Å². The maximum atomic E-state index is 12.3. The summed E-state index contributed by atoms with van der Waals surface area (Å²) in [6.45, 7) is 0. The summed E-state index contributed by atoms with van der Waals surface area (Å²) in [5.41, 5.74) is 4.04. The highest BCUT2D eigenvalue weighted by Crippen LogP contribution is 2.19. The number of benzene rings is 3. The highest BCUT2D eigenvalue weighted by Gasteiger charge is 2.05. The molecule has 0 bridgehead atoms. The molecule has 1 amide bonds. The maximum Gasteiger partial charge on any atom is 0.248 e. The molecule has 0 aliphatic rings. The maximum absolute atomic E-state index is 12.3. The van der Waals surface area contributed by atoms with Crippen molar-refractivity contribution in [3.63, 3.8) is 0 Å². The lowest BCUT2D eigenvalue weighted by Gasteiger charge is -2.10. The first kappa shape index (κ1) is 17.5. The minimum Gasteiger partial charge on any atom is -0.497 e.